The van der Waals surface area contributed by atoms with Crippen molar-refractivity contribution in [3.63, 3.8) is 0 Å². The number of carboxylic acids is 1. The molecular weight excluding hydrogens is 284 g/mol. The number of amides is 2. The fourth-order valence-corrected chi connectivity index (χ4v) is 1.95. The maximum Gasteiger partial charge on any atom is 0.319 e. The van der Waals surface area contributed by atoms with Crippen LogP contribution in [0.5, 0.6) is 0 Å². The summed E-state index contributed by atoms with van der Waals surface area (Å²) in [5.41, 5.74) is 0.852. The first kappa shape index (κ1) is 16.0. The number of aliphatic carboxylic acids is 1. The lowest BCUT2D eigenvalue weighted by Gasteiger charge is -2.10. The summed E-state index contributed by atoms with van der Waals surface area (Å²) < 4.78 is 21.8. The third-order valence-electron chi connectivity index (χ3n) is 2.37. The van der Waals surface area contributed by atoms with Crippen molar-refractivity contribution in [1.29, 1.82) is 0 Å². The van der Waals surface area contributed by atoms with Gasteiger partial charge in [0, 0.05) is 18.5 Å². The lowest BCUT2D eigenvalue weighted by molar-refractivity contribution is -0.136. The van der Waals surface area contributed by atoms with E-state index in [1.807, 2.05) is 0 Å². The minimum absolute atomic E-state index is 0.00817. The molecule has 3 N–H and O–H groups in total. The van der Waals surface area contributed by atoms with Crippen LogP contribution in [0.4, 0.5) is 10.5 Å². The normalized spacial score (nSPS) is 10.8. The van der Waals surface area contributed by atoms with Crippen molar-refractivity contribution in [3.8, 4) is 0 Å². The molecule has 0 aliphatic heterocycles. The highest BCUT2D eigenvalue weighted by Gasteiger charge is 2.09. The lowest BCUT2D eigenvalue weighted by atomic mass is 10.1. The van der Waals surface area contributed by atoms with E-state index in [4.69, 9.17) is 5.11 Å². The number of anilines is 1. The van der Waals surface area contributed by atoms with Gasteiger partial charge in [0.05, 0.1) is 12.2 Å². The summed E-state index contributed by atoms with van der Waals surface area (Å²) >= 11 is 0. The molecule has 8 heteroatoms. The summed E-state index contributed by atoms with van der Waals surface area (Å²) in [4.78, 5) is 22.3. The van der Waals surface area contributed by atoms with Crippen LogP contribution in [0.25, 0.3) is 0 Å². The van der Waals surface area contributed by atoms with Crippen molar-refractivity contribution in [2.24, 2.45) is 0 Å². The number of nitrogens with one attached hydrogen (secondary N) is 2. The first-order chi connectivity index (χ1) is 9.28. The number of hydrogen-bond acceptors (Lipinski definition) is 4. The molecule has 20 heavy (non-hydrogen) atoms. The van der Waals surface area contributed by atoms with Crippen molar-refractivity contribution in [3.05, 3.63) is 29.8 Å². The second-order valence-corrected chi connectivity index (χ2v) is 6.50. The van der Waals surface area contributed by atoms with Crippen LogP contribution in [0.3, 0.4) is 0 Å². The van der Waals surface area contributed by atoms with E-state index in [2.05, 4.69) is 10.6 Å². The molecule has 0 fully saturated rings. The summed E-state index contributed by atoms with van der Waals surface area (Å²) in [6.07, 6.45) is 0.870. The van der Waals surface area contributed by atoms with Gasteiger partial charge in [-0.15, -0.1) is 0 Å². The zero-order valence-electron chi connectivity index (χ0n) is 10.9. The zero-order valence-corrected chi connectivity index (χ0v) is 11.7. The molecule has 7 nitrogen and oxygen atoms in total. The van der Waals surface area contributed by atoms with Crippen LogP contribution in [0.2, 0.25) is 0 Å². The van der Waals surface area contributed by atoms with Crippen LogP contribution in [0, 0.1) is 0 Å². The molecule has 0 saturated carbocycles. The Morgan fingerprint density at radius 2 is 1.90 bits per heavy atom. The zero-order chi connectivity index (χ0) is 15.2. The molecule has 0 spiro atoms. The second-order valence-electron chi connectivity index (χ2n) is 4.24. The molecule has 110 valence electrons. The molecule has 1 aromatic carbocycles. The Morgan fingerprint density at radius 1 is 1.25 bits per heavy atom. The number of sulfone groups is 1. The van der Waals surface area contributed by atoms with Crippen molar-refractivity contribution >= 4 is 27.5 Å². The Bertz CT molecular complexity index is 598. The van der Waals surface area contributed by atoms with Gasteiger partial charge in [0.15, 0.2) is 0 Å². The Hall–Kier alpha value is -2.09. The fraction of sp³-hybridized carbons (Fsp3) is 0.333. The van der Waals surface area contributed by atoms with E-state index in [0.717, 1.165) is 6.26 Å². The van der Waals surface area contributed by atoms with Crippen molar-refractivity contribution < 1.29 is 23.1 Å². The van der Waals surface area contributed by atoms with Crippen LogP contribution in [0.15, 0.2) is 24.3 Å². The maximum atomic E-state index is 11.6. The molecule has 2 amide bonds. The van der Waals surface area contributed by atoms with Gasteiger partial charge in [0.25, 0.3) is 0 Å². The molecule has 0 unspecified atom stereocenters. The number of para-hydroxylation sites is 1. The first-order valence-corrected chi connectivity index (χ1v) is 7.86. The molecule has 1 rings (SSSR count). The number of urea groups is 1. The largest absolute Gasteiger partial charge is 0.481 e. The topological polar surface area (TPSA) is 113 Å². The van der Waals surface area contributed by atoms with E-state index < -0.39 is 21.8 Å². The monoisotopic (exact) mass is 300 g/mol. The average Bonchev–Trinajstić information content (AvgIpc) is 2.29. The standard InChI is InChI=1S/C12H16N2O5S/c1-20(18,19)7-6-13-12(17)14-10-5-3-2-4-9(10)8-11(15)16/h2-5H,6-8H2,1H3,(H,15,16)(H2,13,14,17). The van der Waals surface area contributed by atoms with Gasteiger partial charge in [-0.05, 0) is 11.6 Å². The van der Waals surface area contributed by atoms with Gasteiger partial charge in [0.1, 0.15) is 9.84 Å². The smallest absolute Gasteiger partial charge is 0.319 e. The second kappa shape index (κ2) is 6.90. The Kier molecular flexibility index (Phi) is 5.51. The molecule has 0 bridgehead atoms. The Balaban J connectivity index is 2.59. The van der Waals surface area contributed by atoms with E-state index in [9.17, 15) is 18.0 Å². The number of carbonyl (C=O) groups excluding carboxylic acids is 1. The fourth-order valence-electron chi connectivity index (χ4n) is 1.48. The summed E-state index contributed by atoms with van der Waals surface area (Å²) in [6.45, 7) is -0.00817. The molecule has 0 saturated heterocycles. The van der Waals surface area contributed by atoms with Crippen LogP contribution >= 0.6 is 0 Å². The number of carbonyl (C=O) groups is 2. The SMILES string of the molecule is CS(=O)(=O)CCNC(=O)Nc1ccccc1CC(=O)O. The summed E-state index contributed by atoms with van der Waals surface area (Å²) in [6, 6.07) is 5.93. The third-order valence-corrected chi connectivity index (χ3v) is 3.31. The number of rotatable bonds is 6. The number of hydrogen-bond donors (Lipinski definition) is 3. The molecule has 0 aromatic heterocycles. The third kappa shape index (κ3) is 6.19. The summed E-state index contributed by atoms with van der Waals surface area (Å²) in [7, 11) is -3.14. The molecular formula is C12H16N2O5S. The molecule has 0 radical (unpaired) electrons. The molecule has 1 aromatic rings. The van der Waals surface area contributed by atoms with Gasteiger partial charge in [-0.1, -0.05) is 18.2 Å². The molecule has 0 heterocycles. The first-order valence-electron chi connectivity index (χ1n) is 5.80. The number of carboxylic acid groups (broad SMARTS) is 1. The summed E-state index contributed by atoms with van der Waals surface area (Å²) in [5, 5.41) is 13.6. The van der Waals surface area contributed by atoms with Crippen LogP contribution < -0.4 is 10.6 Å². The van der Waals surface area contributed by atoms with Crippen LogP contribution in [-0.4, -0.2) is 44.1 Å². The highest BCUT2D eigenvalue weighted by atomic mass is 32.2. The maximum absolute atomic E-state index is 11.6. The van der Waals surface area contributed by atoms with Gasteiger partial charge in [-0.2, -0.15) is 0 Å². The average molecular weight is 300 g/mol. The number of benzene rings is 1. The van der Waals surface area contributed by atoms with E-state index >= 15 is 0 Å². The van der Waals surface area contributed by atoms with Crippen molar-refractivity contribution in [2.75, 3.05) is 23.9 Å². The van der Waals surface area contributed by atoms with Gasteiger partial charge in [-0.25, -0.2) is 13.2 Å². The molecule has 0 atom stereocenters. The predicted molar refractivity (Wildman–Crippen MR) is 74.5 cm³/mol. The van der Waals surface area contributed by atoms with Crippen molar-refractivity contribution in [1.82, 2.24) is 5.32 Å². The highest BCUT2D eigenvalue weighted by Crippen LogP contribution is 2.15. The van der Waals surface area contributed by atoms with Crippen LogP contribution in [-0.2, 0) is 21.1 Å². The van der Waals surface area contributed by atoms with E-state index in [-0.39, 0.29) is 18.7 Å². The van der Waals surface area contributed by atoms with E-state index in [0.29, 0.717) is 11.3 Å². The van der Waals surface area contributed by atoms with Gasteiger partial charge >= 0.3 is 12.0 Å². The minimum Gasteiger partial charge on any atom is -0.481 e. The minimum atomic E-state index is -3.14. The van der Waals surface area contributed by atoms with Gasteiger partial charge in [-0.3, -0.25) is 4.79 Å². The van der Waals surface area contributed by atoms with Gasteiger partial charge < -0.3 is 15.7 Å². The molecule has 0 aliphatic carbocycles. The van der Waals surface area contributed by atoms with E-state index in [1.54, 1.807) is 24.3 Å². The lowest BCUT2D eigenvalue weighted by Crippen LogP contribution is -2.33. The van der Waals surface area contributed by atoms with Gasteiger partial charge in [0.2, 0.25) is 0 Å². The van der Waals surface area contributed by atoms with E-state index in [1.165, 1.54) is 0 Å². The molecule has 0 aliphatic rings. The highest BCUT2D eigenvalue weighted by molar-refractivity contribution is 7.90. The predicted octanol–water partition coefficient (Wildman–Crippen LogP) is 0.480. The van der Waals surface area contributed by atoms with Crippen LogP contribution in [0.1, 0.15) is 5.56 Å². The quantitative estimate of drug-likeness (QED) is 0.707. The Morgan fingerprint density at radius 3 is 2.50 bits per heavy atom. The summed E-state index contributed by atoms with van der Waals surface area (Å²) in [5.74, 6) is -1.16. The Labute approximate surface area is 116 Å². The van der Waals surface area contributed by atoms with Crippen molar-refractivity contribution in [2.45, 2.75) is 6.42 Å².